The van der Waals surface area contributed by atoms with Gasteiger partial charge in [-0.2, -0.15) is 0 Å². The van der Waals surface area contributed by atoms with Crippen molar-refractivity contribution in [1.82, 2.24) is 0 Å². The molecule has 1 aliphatic carbocycles. The highest BCUT2D eigenvalue weighted by atomic mass is 16.6. The van der Waals surface area contributed by atoms with Crippen LogP contribution in [-0.4, -0.2) is 35.7 Å². The Balaban J connectivity index is 2.45. The first-order chi connectivity index (χ1) is 11.4. The number of ketones is 2. The Bertz CT molecular complexity index is 920. The van der Waals surface area contributed by atoms with Crippen LogP contribution in [0.4, 0.5) is 17.1 Å². The van der Waals surface area contributed by atoms with E-state index in [0.29, 0.717) is 11.4 Å². The van der Waals surface area contributed by atoms with Crippen molar-refractivity contribution in [3.8, 4) is 5.75 Å². The Morgan fingerprint density at radius 2 is 1.38 bits per heavy atom. The first-order valence-corrected chi connectivity index (χ1v) is 7.04. The van der Waals surface area contributed by atoms with Crippen molar-refractivity contribution in [2.45, 2.75) is 0 Å². The summed E-state index contributed by atoms with van der Waals surface area (Å²) >= 11 is 0. The highest BCUT2D eigenvalue weighted by Crippen LogP contribution is 2.42. The number of benzene rings is 2. The highest BCUT2D eigenvalue weighted by Gasteiger charge is 2.40. The van der Waals surface area contributed by atoms with E-state index in [2.05, 4.69) is 10.6 Å². The van der Waals surface area contributed by atoms with E-state index in [1.54, 1.807) is 26.2 Å². The average molecular weight is 327 g/mol. The van der Waals surface area contributed by atoms with Gasteiger partial charge in [-0.15, -0.1) is 0 Å². The summed E-state index contributed by atoms with van der Waals surface area (Å²) in [7, 11) is 3.17. The van der Waals surface area contributed by atoms with Gasteiger partial charge in [-0.1, -0.05) is 0 Å². The summed E-state index contributed by atoms with van der Waals surface area (Å²) in [4.78, 5) is 36.4. The Hall–Kier alpha value is -3.42. The van der Waals surface area contributed by atoms with Gasteiger partial charge in [0.15, 0.2) is 0 Å². The molecule has 0 saturated heterocycles. The zero-order valence-electron chi connectivity index (χ0n) is 12.8. The topological polar surface area (TPSA) is 122 Å². The second-order valence-corrected chi connectivity index (χ2v) is 5.18. The van der Waals surface area contributed by atoms with Gasteiger partial charge in [-0.25, -0.2) is 0 Å². The van der Waals surface area contributed by atoms with Gasteiger partial charge in [0.2, 0.25) is 11.6 Å². The van der Waals surface area contributed by atoms with Gasteiger partial charge in [0.05, 0.1) is 21.6 Å². The predicted molar refractivity (Wildman–Crippen MR) is 87.2 cm³/mol. The van der Waals surface area contributed by atoms with Crippen LogP contribution in [0.5, 0.6) is 5.75 Å². The number of phenolic OH excluding ortho intramolecular Hbond substituents is 1. The number of carbonyl (C=O) groups is 2. The van der Waals surface area contributed by atoms with Crippen molar-refractivity contribution in [3.05, 3.63) is 56.6 Å². The molecular formula is C16H13N3O5. The summed E-state index contributed by atoms with van der Waals surface area (Å²) in [5.74, 6) is -1.78. The number of fused-ring (bicyclic) bond motifs is 2. The predicted octanol–water partition coefficient (Wildman–Crippen LogP) is 2.16. The Morgan fingerprint density at radius 1 is 0.875 bits per heavy atom. The quantitative estimate of drug-likeness (QED) is 0.498. The van der Waals surface area contributed by atoms with E-state index in [1.165, 1.54) is 0 Å². The molecule has 0 bridgehead atoms. The zero-order chi connectivity index (χ0) is 17.6. The molecule has 0 saturated carbocycles. The van der Waals surface area contributed by atoms with Crippen molar-refractivity contribution in [2.24, 2.45) is 0 Å². The number of aromatic hydroxyl groups is 1. The molecule has 24 heavy (non-hydrogen) atoms. The summed E-state index contributed by atoms with van der Waals surface area (Å²) in [6.45, 7) is 0. The minimum atomic E-state index is -0.741. The molecule has 2 aromatic carbocycles. The van der Waals surface area contributed by atoms with Crippen LogP contribution < -0.4 is 10.6 Å². The number of phenols is 1. The van der Waals surface area contributed by atoms with E-state index in [-0.39, 0.29) is 22.3 Å². The molecule has 0 heterocycles. The SMILES string of the molecule is CNc1ccc(NC)c2c1C(=O)c1c(O)ccc([N+](=O)[O-])c1C2=O. The Kier molecular flexibility index (Phi) is 3.44. The maximum absolute atomic E-state index is 12.9. The Labute approximate surface area is 136 Å². The van der Waals surface area contributed by atoms with Crippen LogP contribution in [0.3, 0.4) is 0 Å². The third kappa shape index (κ3) is 1.93. The van der Waals surface area contributed by atoms with Crippen molar-refractivity contribution in [2.75, 3.05) is 24.7 Å². The minimum Gasteiger partial charge on any atom is -0.507 e. The minimum absolute atomic E-state index is 0.0514. The number of nitro groups is 1. The molecule has 122 valence electrons. The normalized spacial score (nSPS) is 12.4. The van der Waals surface area contributed by atoms with E-state index in [1.807, 2.05) is 0 Å². The van der Waals surface area contributed by atoms with Gasteiger partial charge in [0.25, 0.3) is 5.69 Å². The molecule has 0 spiro atoms. The highest BCUT2D eigenvalue weighted by molar-refractivity contribution is 6.33. The molecule has 0 aromatic heterocycles. The molecule has 0 fully saturated rings. The van der Waals surface area contributed by atoms with E-state index < -0.39 is 27.9 Å². The standard InChI is InChI=1S/C16H13N3O5/c1-17-7-3-4-8(18-2)12-11(7)15(21)13-9(19(23)24)5-6-10(20)14(13)16(12)22/h3-6,17-18,20H,1-2H3. The van der Waals surface area contributed by atoms with Crippen LogP contribution in [0.15, 0.2) is 24.3 Å². The fraction of sp³-hybridized carbons (Fsp3) is 0.125. The molecule has 0 amide bonds. The molecule has 0 unspecified atom stereocenters. The van der Waals surface area contributed by atoms with Crippen LogP contribution in [0.1, 0.15) is 31.8 Å². The fourth-order valence-corrected chi connectivity index (χ4v) is 2.93. The van der Waals surface area contributed by atoms with Crippen LogP contribution >= 0.6 is 0 Å². The number of hydrogen-bond acceptors (Lipinski definition) is 7. The molecule has 0 radical (unpaired) electrons. The first kappa shape index (κ1) is 15.5. The van der Waals surface area contributed by atoms with Crippen LogP contribution in [-0.2, 0) is 0 Å². The molecular weight excluding hydrogens is 314 g/mol. The van der Waals surface area contributed by atoms with Crippen molar-refractivity contribution >= 4 is 28.6 Å². The second kappa shape index (κ2) is 5.34. The summed E-state index contributed by atoms with van der Waals surface area (Å²) in [5, 5.41) is 26.9. The molecule has 8 heteroatoms. The second-order valence-electron chi connectivity index (χ2n) is 5.18. The molecule has 3 N–H and O–H groups in total. The maximum Gasteiger partial charge on any atom is 0.281 e. The zero-order valence-corrected chi connectivity index (χ0v) is 12.8. The third-order valence-electron chi connectivity index (χ3n) is 4.01. The molecule has 0 atom stereocenters. The van der Waals surface area contributed by atoms with Gasteiger partial charge in [-0.3, -0.25) is 19.7 Å². The first-order valence-electron chi connectivity index (χ1n) is 7.04. The summed E-state index contributed by atoms with van der Waals surface area (Å²) in [5.41, 5.74) is -0.324. The van der Waals surface area contributed by atoms with Crippen molar-refractivity contribution in [3.63, 3.8) is 0 Å². The van der Waals surface area contributed by atoms with Gasteiger partial charge < -0.3 is 15.7 Å². The van der Waals surface area contributed by atoms with Crippen molar-refractivity contribution in [1.29, 1.82) is 0 Å². The van der Waals surface area contributed by atoms with Gasteiger partial charge >= 0.3 is 0 Å². The molecule has 0 aliphatic heterocycles. The van der Waals surface area contributed by atoms with Gasteiger partial charge in [-0.05, 0) is 18.2 Å². The maximum atomic E-state index is 12.9. The number of nitrogens with one attached hydrogen (secondary N) is 2. The number of nitro benzene ring substituents is 1. The molecule has 8 nitrogen and oxygen atoms in total. The van der Waals surface area contributed by atoms with E-state index in [0.717, 1.165) is 12.1 Å². The smallest absolute Gasteiger partial charge is 0.281 e. The van der Waals surface area contributed by atoms with Crippen LogP contribution in [0, 0.1) is 10.1 Å². The average Bonchev–Trinajstić information content (AvgIpc) is 2.57. The third-order valence-corrected chi connectivity index (χ3v) is 4.01. The number of hydrogen-bond donors (Lipinski definition) is 3. The lowest BCUT2D eigenvalue weighted by Gasteiger charge is -2.23. The lowest BCUT2D eigenvalue weighted by molar-refractivity contribution is -0.385. The largest absolute Gasteiger partial charge is 0.507 e. The Morgan fingerprint density at radius 3 is 1.83 bits per heavy atom. The van der Waals surface area contributed by atoms with Gasteiger partial charge in [0.1, 0.15) is 11.3 Å². The summed E-state index contributed by atoms with van der Waals surface area (Å²) in [6, 6.07) is 5.30. The summed E-state index contributed by atoms with van der Waals surface area (Å²) < 4.78 is 0. The number of rotatable bonds is 3. The van der Waals surface area contributed by atoms with Gasteiger partial charge in [0, 0.05) is 31.5 Å². The van der Waals surface area contributed by atoms with Crippen molar-refractivity contribution < 1.29 is 19.6 Å². The van der Waals surface area contributed by atoms with E-state index in [9.17, 15) is 24.8 Å². The molecule has 3 rings (SSSR count). The van der Waals surface area contributed by atoms with E-state index >= 15 is 0 Å². The van der Waals surface area contributed by atoms with Crippen LogP contribution in [0.25, 0.3) is 0 Å². The lowest BCUT2D eigenvalue weighted by atomic mass is 9.81. The summed E-state index contributed by atoms with van der Waals surface area (Å²) in [6.07, 6.45) is 0. The number of nitrogens with zero attached hydrogens (tertiary/aromatic N) is 1. The number of carbonyl (C=O) groups excluding carboxylic acids is 2. The fourth-order valence-electron chi connectivity index (χ4n) is 2.93. The molecule has 1 aliphatic rings. The molecule has 2 aromatic rings. The lowest BCUT2D eigenvalue weighted by Crippen LogP contribution is -2.25. The van der Waals surface area contributed by atoms with Crippen LogP contribution in [0.2, 0.25) is 0 Å². The monoisotopic (exact) mass is 327 g/mol. The van der Waals surface area contributed by atoms with E-state index in [4.69, 9.17) is 0 Å². The number of anilines is 2.